The van der Waals surface area contributed by atoms with E-state index >= 15 is 26.3 Å². The highest BCUT2D eigenvalue weighted by Gasteiger charge is 2.42. The lowest BCUT2D eigenvalue weighted by molar-refractivity contribution is -0.142. The van der Waals surface area contributed by atoms with Crippen LogP contribution >= 0.6 is 0 Å². The summed E-state index contributed by atoms with van der Waals surface area (Å²) in [7, 11) is 0. The first-order chi connectivity index (χ1) is 46.8. The van der Waals surface area contributed by atoms with Gasteiger partial charge in [0, 0.05) is 77.2 Å². The maximum Gasteiger partial charge on any atom is 0.417 e. The summed E-state index contributed by atoms with van der Waals surface area (Å²) in [6, 6.07) is 91.8. The van der Waals surface area contributed by atoms with Crippen LogP contribution in [0, 0.1) is 11.3 Å². The van der Waals surface area contributed by atoms with Gasteiger partial charge in [-0.2, -0.15) is 31.6 Å². The zero-order valence-electron chi connectivity index (χ0n) is 50.7. The molecule has 0 radical (unpaired) electrons. The predicted molar refractivity (Wildman–Crippen MR) is 370 cm³/mol. The number of fused-ring (bicyclic) bond motifs is 6. The van der Waals surface area contributed by atoms with E-state index in [2.05, 4.69) is 6.07 Å². The molecule has 13 heteroatoms. The van der Waals surface area contributed by atoms with Crippen molar-refractivity contribution in [3.05, 3.63) is 314 Å². The smallest absolute Gasteiger partial charge is 0.309 e. The van der Waals surface area contributed by atoms with Crippen LogP contribution in [0.3, 0.4) is 0 Å². The summed E-state index contributed by atoms with van der Waals surface area (Å²) in [5, 5.41) is 14.3. The van der Waals surface area contributed by atoms with Gasteiger partial charge < -0.3 is 9.13 Å². The summed E-state index contributed by atoms with van der Waals surface area (Å²) < 4.78 is 99.7. The molecule has 0 spiro atoms. The number of halogens is 6. The van der Waals surface area contributed by atoms with Gasteiger partial charge >= 0.3 is 12.4 Å². The molecular weight excluding hydrogens is 1210 g/mol. The zero-order valence-corrected chi connectivity index (χ0v) is 50.7. The second-order valence-corrected chi connectivity index (χ2v) is 23.4. The molecule has 0 saturated heterocycles. The van der Waals surface area contributed by atoms with Gasteiger partial charge in [-0.1, -0.05) is 176 Å². The Morgan fingerprint density at radius 1 is 0.271 bits per heavy atom. The molecule has 10 aromatic carbocycles. The Balaban J connectivity index is 0.973. The Bertz CT molecular complexity index is 5440. The van der Waals surface area contributed by atoms with Gasteiger partial charge in [0.1, 0.15) is 6.07 Å². The van der Waals surface area contributed by atoms with Crippen LogP contribution < -0.4 is 0 Å². The third-order valence-corrected chi connectivity index (χ3v) is 17.6. The van der Waals surface area contributed by atoms with Crippen LogP contribution in [0.5, 0.6) is 0 Å². The lowest BCUT2D eigenvalue weighted by Gasteiger charge is -2.24. The number of hydrogen-bond donors (Lipinski definition) is 0. The molecule has 0 bridgehead atoms. The summed E-state index contributed by atoms with van der Waals surface area (Å²) in [5.74, 6) is 0. The molecular formula is C83H49F6N7. The van der Waals surface area contributed by atoms with Crippen LogP contribution in [-0.2, 0) is 12.4 Å². The van der Waals surface area contributed by atoms with E-state index in [0.29, 0.717) is 89.6 Å². The van der Waals surface area contributed by atoms with Crippen LogP contribution in [-0.4, -0.2) is 29.1 Å². The molecule has 0 amide bonds. The number of nitrogens with zero attached hydrogens (tertiary/aromatic N) is 7. The van der Waals surface area contributed by atoms with E-state index in [1.54, 1.807) is 21.3 Å². The minimum atomic E-state index is -5.30. The Kier molecular flexibility index (Phi) is 14.4. The second-order valence-electron chi connectivity index (χ2n) is 23.4. The molecule has 7 nitrogen and oxygen atoms in total. The largest absolute Gasteiger partial charge is 0.417 e. The maximum atomic E-state index is 16.0. The highest BCUT2D eigenvalue weighted by Crippen LogP contribution is 2.50. The van der Waals surface area contributed by atoms with Crippen molar-refractivity contribution in [3.63, 3.8) is 0 Å². The van der Waals surface area contributed by atoms with Gasteiger partial charge in [-0.15, -0.1) is 0 Å². The number of hydrogen-bond acceptors (Lipinski definition) is 5. The van der Waals surface area contributed by atoms with E-state index in [1.807, 2.05) is 255 Å². The van der Waals surface area contributed by atoms with Gasteiger partial charge in [-0.25, -0.2) is 19.9 Å². The number of rotatable bonds is 11. The van der Waals surface area contributed by atoms with Crippen molar-refractivity contribution in [2.45, 2.75) is 12.4 Å². The fraction of sp³-hybridized carbons (Fsp3) is 0.0241. The molecule has 0 aliphatic rings. The Labute approximate surface area is 546 Å². The molecule has 6 aromatic heterocycles. The van der Waals surface area contributed by atoms with Crippen molar-refractivity contribution >= 4 is 43.6 Å². The van der Waals surface area contributed by atoms with Crippen LogP contribution in [0.2, 0.25) is 0 Å². The third kappa shape index (κ3) is 10.6. The molecule has 0 N–H and O–H groups in total. The Morgan fingerprint density at radius 3 is 0.823 bits per heavy atom. The summed E-state index contributed by atoms with van der Waals surface area (Å²) >= 11 is 0. The lowest BCUT2D eigenvalue weighted by Crippen LogP contribution is -2.15. The fourth-order valence-corrected chi connectivity index (χ4v) is 13.2. The van der Waals surface area contributed by atoms with E-state index in [1.165, 1.54) is 12.1 Å². The van der Waals surface area contributed by atoms with Crippen LogP contribution in [0.25, 0.3) is 156 Å². The van der Waals surface area contributed by atoms with E-state index in [9.17, 15) is 5.26 Å². The van der Waals surface area contributed by atoms with E-state index in [4.69, 9.17) is 19.9 Å². The molecule has 16 aromatic rings. The summed E-state index contributed by atoms with van der Waals surface area (Å²) in [4.78, 5) is 20.4. The topological polar surface area (TPSA) is 85.2 Å². The molecule has 0 aliphatic heterocycles. The summed E-state index contributed by atoms with van der Waals surface area (Å²) in [5.41, 5.74) is 9.16. The first-order valence-corrected chi connectivity index (χ1v) is 31.0. The number of aromatic nitrogens is 6. The molecule has 458 valence electrons. The standard InChI is InChI=1S/C83H49F6N7/c84-82(85,86)65-26-13-27-66(83(87,88)89)81(65)64-49-79(95-75-40-36-55(71-32-14-28-67(91-71)51-18-5-1-6-19-51)44-60(75)61-45-56(37-41-76(61)95)72-33-15-29-68(92-72)52-20-7-2-8-21-52)59(50-90)48-80(64)96-77-42-38-57(73-34-16-30-69(93-73)53-22-9-3-10-23-53)46-62(77)63-47-58(39-43-78(63)96)74-35-17-31-70(94-74)54-24-11-4-12-25-54/h1-49H. The van der Waals surface area contributed by atoms with Gasteiger partial charge in [0.15, 0.2) is 0 Å². The zero-order chi connectivity index (χ0) is 65.2. The SMILES string of the molecule is N#Cc1cc(-n2c3ccc(-c4cccc(-c5ccccc5)n4)cc3c3cc(-c4cccc(-c5ccccc5)n4)ccc32)c(-c2c(C(F)(F)F)cccc2C(F)(F)F)cc1-n1c2ccc(-c3cccc(-c4ccccc4)n3)cc2c2cc(-c3cccc(-c4ccccc4)n3)ccc21. The minimum absolute atomic E-state index is 0.0364. The Morgan fingerprint density at radius 2 is 0.542 bits per heavy atom. The fourth-order valence-electron chi connectivity index (χ4n) is 13.2. The minimum Gasteiger partial charge on any atom is -0.309 e. The van der Waals surface area contributed by atoms with Crippen LogP contribution in [0.4, 0.5) is 26.3 Å². The van der Waals surface area contributed by atoms with Crippen molar-refractivity contribution in [1.29, 1.82) is 5.26 Å². The normalized spacial score (nSPS) is 11.8. The van der Waals surface area contributed by atoms with Crippen molar-refractivity contribution in [2.75, 3.05) is 0 Å². The highest BCUT2D eigenvalue weighted by atomic mass is 19.4. The average molecular weight is 1260 g/mol. The first kappa shape index (κ1) is 58.5. The van der Waals surface area contributed by atoms with Crippen molar-refractivity contribution in [2.24, 2.45) is 0 Å². The predicted octanol–water partition coefficient (Wildman–Crippen LogP) is 22.4. The van der Waals surface area contributed by atoms with E-state index in [-0.39, 0.29) is 16.9 Å². The number of nitriles is 1. The Hall–Kier alpha value is -12.5. The molecule has 6 heterocycles. The number of benzene rings is 10. The second kappa shape index (κ2) is 23.5. The third-order valence-electron chi connectivity index (χ3n) is 17.6. The highest BCUT2D eigenvalue weighted by molar-refractivity contribution is 6.14. The maximum absolute atomic E-state index is 16.0. The van der Waals surface area contributed by atoms with E-state index < -0.39 is 34.6 Å². The molecule has 0 aliphatic carbocycles. The number of pyridine rings is 4. The number of alkyl halides is 6. The van der Waals surface area contributed by atoms with Crippen molar-refractivity contribution in [3.8, 4) is 119 Å². The monoisotopic (exact) mass is 1260 g/mol. The first-order valence-electron chi connectivity index (χ1n) is 31.0. The van der Waals surface area contributed by atoms with Gasteiger partial charge in [0.2, 0.25) is 0 Å². The molecule has 0 saturated carbocycles. The van der Waals surface area contributed by atoms with Gasteiger partial charge in [0.25, 0.3) is 0 Å². The average Bonchev–Trinajstić information content (AvgIpc) is 1.54. The summed E-state index contributed by atoms with van der Waals surface area (Å²) in [6.45, 7) is 0. The van der Waals surface area contributed by atoms with Crippen molar-refractivity contribution < 1.29 is 26.3 Å². The van der Waals surface area contributed by atoms with Crippen LogP contribution in [0.15, 0.2) is 297 Å². The molecule has 96 heavy (non-hydrogen) atoms. The van der Waals surface area contributed by atoms with E-state index in [0.717, 1.165) is 62.2 Å². The van der Waals surface area contributed by atoms with Gasteiger partial charge in [0.05, 0.1) is 95.7 Å². The lowest BCUT2D eigenvalue weighted by atomic mass is 9.90. The van der Waals surface area contributed by atoms with Gasteiger partial charge in [-0.3, -0.25) is 0 Å². The van der Waals surface area contributed by atoms with Gasteiger partial charge in [-0.05, 0) is 121 Å². The quantitative estimate of drug-likeness (QED) is 0.120. The molecule has 0 unspecified atom stereocenters. The summed E-state index contributed by atoms with van der Waals surface area (Å²) in [6.07, 6.45) is -10.6. The molecule has 0 fully saturated rings. The van der Waals surface area contributed by atoms with Crippen molar-refractivity contribution in [1.82, 2.24) is 29.1 Å². The molecule has 0 atom stereocenters. The molecule has 16 rings (SSSR count). The van der Waals surface area contributed by atoms with Crippen LogP contribution in [0.1, 0.15) is 16.7 Å².